The molecule has 2 atom stereocenters. The second-order valence-corrected chi connectivity index (χ2v) is 8.20. The van der Waals surface area contributed by atoms with Crippen LogP contribution in [0.15, 0.2) is 42.5 Å². The molecule has 0 aliphatic heterocycles. The molecule has 0 heterocycles. The predicted octanol–water partition coefficient (Wildman–Crippen LogP) is 6.30. The highest BCUT2D eigenvalue weighted by Crippen LogP contribution is 2.48. The Morgan fingerprint density at radius 2 is 1.61 bits per heavy atom. The zero-order valence-electron chi connectivity index (χ0n) is 14.1. The molecule has 1 aliphatic rings. The minimum Gasteiger partial charge on any atom is -0.294 e. The summed E-state index contributed by atoms with van der Waals surface area (Å²) in [6.07, 6.45) is 1.07. The van der Waals surface area contributed by atoms with E-state index < -0.39 is 0 Å². The summed E-state index contributed by atoms with van der Waals surface area (Å²) in [6.45, 7) is 6.80. The Balaban J connectivity index is 2.03. The largest absolute Gasteiger partial charge is 0.294 e. The van der Waals surface area contributed by atoms with Crippen LogP contribution in [-0.2, 0) is 0 Å². The van der Waals surface area contributed by atoms with Crippen molar-refractivity contribution in [3.63, 3.8) is 0 Å². The molecule has 0 N–H and O–H groups in total. The highest BCUT2D eigenvalue weighted by atomic mass is 35.5. The maximum absolute atomic E-state index is 6.25. The van der Waals surface area contributed by atoms with Crippen LogP contribution >= 0.6 is 23.2 Å². The second-order valence-electron chi connectivity index (χ2n) is 7.39. The zero-order valence-corrected chi connectivity index (χ0v) is 15.6. The Morgan fingerprint density at radius 3 is 2.22 bits per heavy atom. The minimum atomic E-state index is 0.129. The molecule has 0 radical (unpaired) electrons. The SMILES string of the molecule is CN([C@H]1C[C@H](c2ccc(Cl)c(Cl)c2)c2ccccc21)C(C)(C)C. The van der Waals surface area contributed by atoms with E-state index in [1.165, 1.54) is 16.7 Å². The van der Waals surface area contributed by atoms with Crippen LogP contribution < -0.4 is 0 Å². The Hall–Kier alpha value is -1.02. The summed E-state index contributed by atoms with van der Waals surface area (Å²) in [5.74, 6) is 0.371. The maximum atomic E-state index is 6.25. The van der Waals surface area contributed by atoms with Gasteiger partial charge in [-0.25, -0.2) is 0 Å². The summed E-state index contributed by atoms with van der Waals surface area (Å²) in [4.78, 5) is 2.48. The first kappa shape index (κ1) is 16.8. The van der Waals surface area contributed by atoms with Gasteiger partial charge < -0.3 is 0 Å². The molecule has 0 saturated carbocycles. The fourth-order valence-corrected chi connectivity index (χ4v) is 3.79. The van der Waals surface area contributed by atoms with Crippen LogP contribution in [0.25, 0.3) is 0 Å². The van der Waals surface area contributed by atoms with Crippen molar-refractivity contribution in [2.24, 2.45) is 0 Å². The summed E-state index contributed by atoms with van der Waals surface area (Å²) in [5, 5.41) is 1.25. The topological polar surface area (TPSA) is 3.24 Å². The lowest BCUT2D eigenvalue weighted by Crippen LogP contribution is -2.40. The van der Waals surface area contributed by atoms with Crippen molar-refractivity contribution < 1.29 is 0 Å². The number of hydrogen-bond acceptors (Lipinski definition) is 1. The Bertz CT molecular complexity index is 718. The molecule has 0 unspecified atom stereocenters. The summed E-state index contributed by atoms with van der Waals surface area (Å²) in [6, 6.07) is 15.2. The molecule has 1 aliphatic carbocycles. The van der Waals surface area contributed by atoms with Gasteiger partial charge in [0, 0.05) is 17.5 Å². The lowest BCUT2D eigenvalue weighted by molar-refractivity contribution is 0.115. The normalized spacial score (nSPS) is 20.8. The molecule has 23 heavy (non-hydrogen) atoms. The van der Waals surface area contributed by atoms with Crippen LogP contribution in [0.5, 0.6) is 0 Å². The standard InChI is InChI=1S/C20H23Cl2N/c1-20(2,3)23(4)19-12-16(14-7-5-6-8-15(14)19)13-9-10-17(21)18(22)11-13/h5-11,16,19H,12H2,1-4H3/t16-,19+/m1/s1. The van der Waals surface area contributed by atoms with Crippen molar-refractivity contribution in [3.8, 4) is 0 Å². The summed E-state index contributed by atoms with van der Waals surface area (Å²) in [7, 11) is 2.22. The first-order valence-electron chi connectivity index (χ1n) is 8.05. The van der Waals surface area contributed by atoms with Gasteiger partial charge in [0.25, 0.3) is 0 Å². The van der Waals surface area contributed by atoms with Gasteiger partial charge in [-0.05, 0) is 63.1 Å². The van der Waals surface area contributed by atoms with E-state index in [-0.39, 0.29) is 5.54 Å². The number of benzene rings is 2. The third kappa shape index (κ3) is 3.15. The third-order valence-corrected chi connectivity index (χ3v) is 5.80. The van der Waals surface area contributed by atoms with E-state index in [4.69, 9.17) is 23.2 Å². The quantitative estimate of drug-likeness (QED) is 0.615. The van der Waals surface area contributed by atoms with Gasteiger partial charge in [0.1, 0.15) is 0 Å². The highest BCUT2D eigenvalue weighted by Gasteiger charge is 2.37. The van der Waals surface area contributed by atoms with Crippen LogP contribution in [0.4, 0.5) is 0 Å². The van der Waals surface area contributed by atoms with Gasteiger partial charge in [-0.2, -0.15) is 0 Å². The lowest BCUT2D eigenvalue weighted by Gasteiger charge is -2.37. The monoisotopic (exact) mass is 347 g/mol. The first-order chi connectivity index (χ1) is 10.8. The molecule has 3 heteroatoms. The average Bonchev–Trinajstić information content (AvgIpc) is 2.88. The average molecular weight is 348 g/mol. The Kier molecular flexibility index (Phi) is 4.48. The second kappa shape index (κ2) is 6.12. The van der Waals surface area contributed by atoms with Gasteiger partial charge in [-0.1, -0.05) is 53.5 Å². The van der Waals surface area contributed by atoms with E-state index in [1.54, 1.807) is 0 Å². The van der Waals surface area contributed by atoms with Gasteiger partial charge in [0.05, 0.1) is 10.0 Å². The number of hydrogen-bond donors (Lipinski definition) is 0. The maximum Gasteiger partial charge on any atom is 0.0595 e. The molecular formula is C20H23Cl2N. The predicted molar refractivity (Wildman–Crippen MR) is 99.6 cm³/mol. The minimum absolute atomic E-state index is 0.129. The number of halogens is 2. The fourth-order valence-electron chi connectivity index (χ4n) is 3.49. The molecule has 0 aromatic heterocycles. The lowest BCUT2D eigenvalue weighted by atomic mass is 9.93. The highest BCUT2D eigenvalue weighted by molar-refractivity contribution is 6.42. The van der Waals surface area contributed by atoms with Crippen molar-refractivity contribution in [1.29, 1.82) is 0 Å². The first-order valence-corrected chi connectivity index (χ1v) is 8.81. The Morgan fingerprint density at radius 1 is 0.957 bits per heavy atom. The summed E-state index contributed by atoms with van der Waals surface area (Å²) >= 11 is 12.3. The van der Waals surface area contributed by atoms with E-state index in [0.717, 1.165) is 6.42 Å². The molecule has 0 spiro atoms. The van der Waals surface area contributed by atoms with E-state index in [2.05, 4.69) is 63.1 Å². The van der Waals surface area contributed by atoms with Crippen LogP contribution in [0, 0.1) is 0 Å². The third-order valence-electron chi connectivity index (χ3n) is 5.06. The molecule has 3 rings (SSSR count). The van der Waals surface area contributed by atoms with Gasteiger partial charge in [-0.15, -0.1) is 0 Å². The number of rotatable bonds is 2. The molecule has 0 bridgehead atoms. The molecule has 0 amide bonds. The van der Waals surface area contributed by atoms with E-state index >= 15 is 0 Å². The van der Waals surface area contributed by atoms with Gasteiger partial charge >= 0.3 is 0 Å². The zero-order chi connectivity index (χ0) is 16.8. The van der Waals surface area contributed by atoms with E-state index in [1.807, 2.05) is 12.1 Å². The smallest absolute Gasteiger partial charge is 0.0595 e. The van der Waals surface area contributed by atoms with E-state index in [0.29, 0.717) is 22.0 Å². The Labute approximate surface area is 149 Å². The number of fused-ring (bicyclic) bond motifs is 1. The van der Waals surface area contributed by atoms with Crippen molar-refractivity contribution in [3.05, 3.63) is 69.2 Å². The van der Waals surface area contributed by atoms with Crippen LogP contribution in [-0.4, -0.2) is 17.5 Å². The molecule has 2 aromatic carbocycles. The van der Waals surface area contributed by atoms with Crippen molar-refractivity contribution in [2.45, 2.75) is 44.7 Å². The van der Waals surface area contributed by atoms with Crippen LogP contribution in [0.2, 0.25) is 10.0 Å². The summed E-state index contributed by atoms with van der Waals surface area (Å²) in [5.41, 5.74) is 4.22. The molecule has 122 valence electrons. The van der Waals surface area contributed by atoms with Crippen molar-refractivity contribution >= 4 is 23.2 Å². The molecule has 0 saturated heterocycles. The van der Waals surface area contributed by atoms with Gasteiger partial charge in [0.15, 0.2) is 0 Å². The van der Waals surface area contributed by atoms with Gasteiger partial charge in [0.2, 0.25) is 0 Å². The number of nitrogens with zero attached hydrogens (tertiary/aromatic N) is 1. The van der Waals surface area contributed by atoms with Crippen molar-refractivity contribution in [1.82, 2.24) is 4.90 Å². The van der Waals surface area contributed by atoms with Crippen LogP contribution in [0.3, 0.4) is 0 Å². The fraction of sp³-hybridized carbons (Fsp3) is 0.400. The van der Waals surface area contributed by atoms with Gasteiger partial charge in [-0.3, -0.25) is 4.90 Å². The van der Waals surface area contributed by atoms with Crippen molar-refractivity contribution in [2.75, 3.05) is 7.05 Å². The van der Waals surface area contributed by atoms with E-state index in [9.17, 15) is 0 Å². The molecule has 2 aromatic rings. The summed E-state index contributed by atoms with van der Waals surface area (Å²) < 4.78 is 0. The molecular weight excluding hydrogens is 325 g/mol. The molecule has 1 nitrogen and oxygen atoms in total. The van der Waals surface area contributed by atoms with Crippen LogP contribution in [0.1, 0.15) is 55.8 Å². The molecule has 0 fully saturated rings.